The normalized spacial score (nSPS) is 10.5. The summed E-state index contributed by atoms with van der Waals surface area (Å²) in [7, 11) is 0. The Labute approximate surface area is 169 Å². The lowest BCUT2D eigenvalue weighted by molar-refractivity contribution is 0.208. The molecule has 2 aromatic carbocycles. The molecule has 150 valence electrons. The molecule has 0 heterocycles. The van der Waals surface area contributed by atoms with Gasteiger partial charge in [-0.15, -0.1) is 0 Å². The Balaban J connectivity index is 1.89. The van der Waals surface area contributed by atoms with Crippen molar-refractivity contribution in [3.05, 3.63) is 53.8 Å². The predicted octanol–water partition coefficient (Wildman–Crippen LogP) is 3.50. The minimum absolute atomic E-state index is 0.299. The van der Waals surface area contributed by atoms with Crippen molar-refractivity contribution in [1.82, 2.24) is 10.7 Å². The molecule has 2 aromatic rings. The first-order valence-electron chi connectivity index (χ1n) is 8.97. The van der Waals surface area contributed by atoms with Gasteiger partial charge in [0, 0.05) is 6.54 Å². The largest absolute Gasteiger partial charge is 0.490 e. The first-order chi connectivity index (χ1) is 13.6. The summed E-state index contributed by atoms with van der Waals surface area (Å²) in [4.78, 5) is 0. The molecule has 0 unspecified atom stereocenters. The van der Waals surface area contributed by atoms with Crippen LogP contribution in [0.1, 0.15) is 19.4 Å². The van der Waals surface area contributed by atoms with Gasteiger partial charge in [-0.05, 0) is 74.1 Å². The van der Waals surface area contributed by atoms with Crippen LogP contribution in [0, 0.1) is 5.82 Å². The first-order valence-corrected chi connectivity index (χ1v) is 9.38. The third-order valence-corrected chi connectivity index (χ3v) is 3.64. The molecule has 0 aliphatic carbocycles. The Bertz CT molecular complexity index is 785. The van der Waals surface area contributed by atoms with E-state index in [1.54, 1.807) is 18.3 Å². The van der Waals surface area contributed by atoms with E-state index in [9.17, 15) is 4.39 Å². The van der Waals surface area contributed by atoms with E-state index < -0.39 is 0 Å². The summed E-state index contributed by atoms with van der Waals surface area (Å²) < 4.78 is 29.8. The standard InChI is InChI=1S/C20H24FN3O3S/c1-3-22-20(28)24-23-14-15-5-10-18(19(13-15)25-4-2)27-12-11-26-17-8-6-16(21)7-9-17/h5-10,13-14H,3-4,11-12H2,1-2H3,(H2,22,24,28)/b23-14-. The van der Waals surface area contributed by atoms with E-state index in [2.05, 4.69) is 15.8 Å². The van der Waals surface area contributed by atoms with Crippen LogP contribution in [0.4, 0.5) is 4.39 Å². The molecule has 0 aliphatic heterocycles. The van der Waals surface area contributed by atoms with Gasteiger partial charge in [0.1, 0.15) is 24.8 Å². The smallest absolute Gasteiger partial charge is 0.186 e. The maximum absolute atomic E-state index is 12.9. The summed E-state index contributed by atoms with van der Waals surface area (Å²) >= 11 is 5.05. The van der Waals surface area contributed by atoms with Crippen molar-refractivity contribution >= 4 is 23.5 Å². The van der Waals surface area contributed by atoms with Gasteiger partial charge >= 0.3 is 0 Å². The van der Waals surface area contributed by atoms with Crippen LogP contribution in [0.25, 0.3) is 0 Å². The highest BCUT2D eigenvalue weighted by molar-refractivity contribution is 7.80. The summed E-state index contributed by atoms with van der Waals surface area (Å²) in [5.74, 6) is 1.51. The van der Waals surface area contributed by atoms with E-state index in [-0.39, 0.29) is 5.82 Å². The van der Waals surface area contributed by atoms with Crippen LogP contribution in [-0.4, -0.2) is 37.7 Å². The minimum Gasteiger partial charge on any atom is -0.490 e. The Kier molecular flexibility index (Phi) is 9.00. The molecular weight excluding hydrogens is 381 g/mol. The average Bonchev–Trinajstić information content (AvgIpc) is 2.68. The number of rotatable bonds is 10. The van der Waals surface area contributed by atoms with E-state index in [4.69, 9.17) is 26.4 Å². The number of nitrogens with one attached hydrogen (secondary N) is 2. The number of nitrogens with zero attached hydrogens (tertiary/aromatic N) is 1. The van der Waals surface area contributed by atoms with E-state index in [0.717, 1.165) is 12.1 Å². The van der Waals surface area contributed by atoms with Gasteiger partial charge in [0.05, 0.1) is 12.8 Å². The molecule has 8 heteroatoms. The second-order valence-corrected chi connectivity index (χ2v) is 5.93. The second kappa shape index (κ2) is 11.8. The Hall–Kier alpha value is -2.87. The lowest BCUT2D eigenvalue weighted by Crippen LogP contribution is -2.31. The number of benzene rings is 2. The summed E-state index contributed by atoms with van der Waals surface area (Å²) in [6.07, 6.45) is 1.65. The van der Waals surface area contributed by atoms with Crippen LogP contribution in [0.5, 0.6) is 17.2 Å². The molecule has 0 saturated heterocycles. The summed E-state index contributed by atoms with van der Waals surface area (Å²) in [5.41, 5.74) is 3.57. The monoisotopic (exact) mass is 405 g/mol. The van der Waals surface area contributed by atoms with Gasteiger partial charge < -0.3 is 19.5 Å². The molecule has 0 saturated carbocycles. The van der Waals surface area contributed by atoms with Gasteiger partial charge in [0.15, 0.2) is 16.6 Å². The highest BCUT2D eigenvalue weighted by atomic mass is 32.1. The fourth-order valence-corrected chi connectivity index (χ4v) is 2.40. The SMILES string of the molecule is CCNC(=S)N/N=C\c1ccc(OCCOc2ccc(F)cc2)c(OCC)c1. The third-order valence-electron chi connectivity index (χ3n) is 3.41. The number of ether oxygens (including phenoxy) is 3. The fourth-order valence-electron chi connectivity index (χ4n) is 2.20. The maximum Gasteiger partial charge on any atom is 0.186 e. The highest BCUT2D eigenvalue weighted by Crippen LogP contribution is 2.28. The topological polar surface area (TPSA) is 64.1 Å². The van der Waals surface area contributed by atoms with Crippen molar-refractivity contribution in [2.45, 2.75) is 13.8 Å². The van der Waals surface area contributed by atoms with Crippen molar-refractivity contribution in [1.29, 1.82) is 0 Å². The maximum atomic E-state index is 12.9. The average molecular weight is 405 g/mol. The van der Waals surface area contributed by atoms with E-state index in [0.29, 0.717) is 42.2 Å². The number of halogens is 1. The molecule has 0 spiro atoms. The van der Waals surface area contributed by atoms with Crippen molar-refractivity contribution in [2.75, 3.05) is 26.4 Å². The predicted molar refractivity (Wildman–Crippen MR) is 112 cm³/mol. The van der Waals surface area contributed by atoms with Crippen molar-refractivity contribution < 1.29 is 18.6 Å². The van der Waals surface area contributed by atoms with E-state index in [1.807, 2.05) is 32.0 Å². The van der Waals surface area contributed by atoms with Crippen molar-refractivity contribution in [2.24, 2.45) is 5.10 Å². The van der Waals surface area contributed by atoms with Crippen molar-refractivity contribution in [3.8, 4) is 17.2 Å². The van der Waals surface area contributed by atoms with Crippen LogP contribution in [0.3, 0.4) is 0 Å². The van der Waals surface area contributed by atoms with Crippen LogP contribution in [-0.2, 0) is 0 Å². The van der Waals surface area contributed by atoms with Gasteiger partial charge in [-0.1, -0.05) is 0 Å². The van der Waals surface area contributed by atoms with Gasteiger partial charge in [-0.2, -0.15) is 5.10 Å². The van der Waals surface area contributed by atoms with Crippen molar-refractivity contribution in [3.63, 3.8) is 0 Å². The summed E-state index contributed by atoms with van der Waals surface area (Å²) in [6, 6.07) is 11.4. The summed E-state index contributed by atoms with van der Waals surface area (Å²) in [6.45, 7) is 5.74. The van der Waals surface area contributed by atoms with E-state index in [1.165, 1.54) is 12.1 Å². The molecule has 0 amide bonds. The van der Waals surface area contributed by atoms with Crippen LogP contribution < -0.4 is 25.0 Å². The van der Waals surface area contributed by atoms with Gasteiger partial charge in [-0.3, -0.25) is 5.43 Å². The Morgan fingerprint density at radius 2 is 1.79 bits per heavy atom. The molecule has 28 heavy (non-hydrogen) atoms. The Morgan fingerprint density at radius 3 is 2.50 bits per heavy atom. The molecular formula is C20H24FN3O3S. The first kappa shape index (κ1) is 21.4. The van der Waals surface area contributed by atoms with Crippen LogP contribution in [0.15, 0.2) is 47.6 Å². The molecule has 6 nitrogen and oxygen atoms in total. The lowest BCUT2D eigenvalue weighted by Gasteiger charge is -2.13. The third kappa shape index (κ3) is 7.40. The molecule has 0 aliphatic rings. The molecule has 0 fully saturated rings. The van der Waals surface area contributed by atoms with Crippen LogP contribution in [0.2, 0.25) is 0 Å². The highest BCUT2D eigenvalue weighted by Gasteiger charge is 2.06. The molecule has 0 bridgehead atoms. The molecule has 0 radical (unpaired) electrons. The number of thiocarbonyl (C=S) groups is 1. The molecule has 2 rings (SSSR count). The summed E-state index contributed by atoms with van der Waals surface area (Å²) in [5, 5.41) is 7.49. The zero-order valence-corrected chi connectivity index (χ0v) is 16.7. The van der Waals surface area contributed by atoms with Gasteiger partial charge in [0.2, 0.25) is 0 Å². The second-order valence-electron chi connectivity index (χ2n) is 5.52. The van der Waals surface area contributed by atoms with Gasteiger partial charge in [-0.25, -0.2) is 4.39 Å². The quantitative estimate of drug-likeness (QED) is 0.273. The van der Waals surface area contributed by atoms with Gasteiger partial charge in [0.25, 0.3) is 0 Å². The minimum atomic E-state index is -0.299. The molecule has 0 atom stereocenters. The Morgan fingerprint density at radius 1 is 1.04 bits per heavy atom. The molecule has 2 N–H and O–H groups in total. The zero-order valence-electron chi connectivity index (χ0n) is 15.9. The van der Waals surface area contributed by atoms with Crippen LogP contribution >= 0.6 is 12.2 Å². The fraction of sp³-hybridized carbons (Fsp3) is 0.300. The number of hydrazone groups is 1. The van der Waals surface area contributed by atoms with E-state index >= 15 is 0 Å². The number of hydrogen-bond acceptors (Lipinski definition) is 5. The molecule has 0 aromatic heterocycles. The lowest BCUT2D eigenvalue weighted by atomic mass is 10.2. The zero-order chi connectivity index (χ0) is 20.2. The number of hydrogen-bond donors (Lipinski definition) is 2.